The van der Waals surface area contributed by atoms with Crippen LogP contribution in [-0.4, -0.2) is 34.0 Å². The molecule has 4 nitrogen and oxygen atoms in total. The van der Waals surface area contributed by atoms with Crippen molar-refractivity contribution in [3.8, 4) is 11.5 Å². The Hall–Kier alpha value is -2.46. The number of benzene rings is 2. The Kier molecular flexibility index (Phi) is 5.23. The summed E-state index contributed by atoms with van der Waals surface area (Å²) in [6.45, 7) is 0. The molecule has 0 radical (unpaired) electrons. The number of alkyl halides is 6. The van der Waals surface area contributed by atoms with Gasteiger partial charge >= 0.3 is 23.6 Å². The second kappa shape index (κ2) is 7.05. The van der Waals surface area contributed by atoms with Crippen molar-refractivity contribution in [3.63, 3.8) is 0 Å². The van der Waals surface area contributed by atoms with E-state index in [1.54, 1.807) is 0 Å². The van der Waals surface area contributed by atoms with Crippen molar-refractivity contribution in [3.05, 3.63) is 59.7 Å². The first-order valence-electron chi connectivity index (χ1n) is 7.88. The summed E-state index contributed by atoms with van der Waals surface area (Å²) in [5, 5.41) is -1.89. The first kappa shape index (κ1) is 22.2. The van der Waals surface area contributed by atoms with Gasteiger partial charge in [-0.05, 0) is 71.7 Å². The number of hydrogen-bond donors (Lipinski definition) is 0. The molecule has 3 rings (SSSR count). The first-order valence-corrected chi connectivity index (χ1v) is 8.64. The van der Waals surface area contributed by atoms with Crippen LogP contribution in [-0.2, 0) is 0 Å². The fourth-order valence-corrected chi connectivity index (χ4v) is 2.89. The molecule has 1 fully saturated rings. The van der Waals surface area contributed by atoms with Crippen molar-refractivity contribution in [2.75, 3.05) is 0 Å². The summed E-state index contributed by atoms with van der Waals surface area (Å²) in [7, 11) is 0. The number of rotatable bonds is 6. The zero-order valence-corrected chi connectivity index (χ0v) is 15.8. The molecule has 0 aliphatic heterocycles. The second-order valence-corrected chi connectivity index (χ2v) is 6.83. The topological polar surface area (TPSA) is 52.6 Å². The lowest BCUT2D eigenvalue weighted by Gasteiger charge is -2.55. The van der Waals surface area contributed by atoms with E-state index in [4.69, 9.17) is 23.2 Å². The average molecular weight is 473 g/mol. The van der Waals surface area contributed by atoms with E-state index < -0.39 is 45.5 Å². The molecule has 0 heterocycles. The molecule has 2 unspecified atom stereocenters. The number of hydrogen-bond acceptors (Lipinski definition) is 4. The summed E-state index contributed by atoms with van der Waals surface area (Å²) in [5.41, 5.74) is -0.279. The van der Waals surface area contributed by atoms with Crippen LogP contribution in [0.15, 0.2) is 48.5 Å². The van der Waals surface area contributed by atoms with Crippen molar-refractivity contribution >= 4 is 33.7 Å². The maximum absolute atomic E-state index is 14.9. The summed E-state index contributed by atoms with van der Waals surface area (Å²) < 4.78 is 94.1. The molecule has 2 aromatic carbocycles. The van der Waals surface area contributed by atoms with Crippen LogP contribution in [0.4, 0.5) is 26.3 Å². The van der Waals surface area contributed by atoms with Crippen LogP contribution in [0.25, 0.3) is 0 Å². The predicted octanol–water partition coefficient (Wildman–Crippen LogP) is 5.52. The normalized spacial score (nSPS) is 26.4. The van der Waals surface area contributed by atoms with E-state index in [1.807, 2.05) is 0 Å². The summed E-state index contributed by atoms with van der Waals surface area (Å²) >= 11 is 10.4. The molecule has 0 aromatic heterocycles. The van der Waals surface area contributed by atoms with E-state index in [-0.39, 0.29) is 11.1 Å². The molecular formula is C18H8Cl2F6O4. The average Bonchev–Trinajstić information content (AvgIpc) is 2.67. The maximum Gasteiger partial charge on any atom is 0.395 e. The highest BCUT2D eigenvalue weighted by Gasteiger charge is 3.03. The summed E-state index contributed by atoms with van der Waals surface area (Å²) in [6, 6.07) is 6.71. The van der Waals surface area contributed by atoms with Crippen molar-refractivity contribution in [2.24, 2.45) is 0 Å². The van der Waals surface area contributed by atoms with Crippen LogP contribution in [0.5, 0.6) is 11.5 Å². The molecule has 0 amide bonds. The molecular weight excluding hydrogens is 465 g/mol. The Bertz CT molecular complexity index is 917. The van der Waals surface area contributed by atoms with Crippen molar-refractivity contribution in [1.29, 1.82) is 0 Å². The van der Waals surface area contributed by atoms with Gasteiger partial charge in [-0.25, -0.2) is 0 Å². The highest BCUT2D eigenvalue weighted by atomic mass is 35.5. The van der Waals surface area contributed by atoms with E-state index in [2.05, 4.69) is 9.47 Å². The van der Waals surface area contributed by atoms with E-state index in [0.717, 1.165) is 48.5 Å². The summed E-state index contributed by atoms with van der Waals surface area (Å²) in [5.74, 6) is -22.7. The van der Waals surface area contributed by atoms with Crippen molar-refractivity contribution in [1.82, 2.24) is 0 Å². The third-order valence-corrected chi connectivity index (χ3v) is 4.73. The molecule has 0 bridgehead atoms. The molecule has 2 aromatic rings. The molecule has 0 saturated heterocycles. The standard InChI is InChI=1S/C18H8Cl2F6O4/c19-13(27)9-1-5-11(6-2-9)29-17(25)15(21,22)16(23,24)18(17,26)30-12-7-3-10(4-8-12)14(20)28/h1-8H. The third kappa shape index (κ3) is 3.01. The first-order chi connectivity index (χ1) is 13.8. The number of ether oxygens (including phenoxy) is 2. The van der Waals surface area contributed by atoms with Gasteiger partial charge in [-0.15, -0.1) is 0 Å². The van der Waals surface area contributed by atoms with E-state index in [9.17, 15) is 35.9 Å². The fourth-order valence-electron chi connectivity index (χ4n) is 2.64. The van der Waals surface area contributed by atoms with Gasteiger partial charge in [-0.3, -0.25) is 9.59 Å². The smallest absolute Gasteiger partial charge is 0.395 e. The summed E-state index contributed by atoms with van der Waals surface area (Å²) in [4.78, 5) is 22.0. The van der Waals surface area contributed by atoms with Crippen LogP contribution < -0.4 is 9.47 Å². The molecule has 1 saturated carbocycles. The second-order valence-electron chi connectivity index (χ2n) is 6.14. The Morgan fingerprint density at radius 1 is 0.600 bits per heavy atom. The van der Waals surface area contributed by atoms with Crippen LogP contribution in [0, 0.1) is 0 Å². The van der Waals surface area contributed by atoms with Crippen LogP contribution in [0.1, 0.15) is 20.7 Å². The SMILES string of the molecule is O=C(Cl)c1ccc(OC2(F)C(F)(F)C(F)(F)C2(F)Oc2ccc(C(=O)Cl)cc2)cc1. The highest BCUT2D eigenvalue weighted by Crippen LogP contribution is 2.68. The predicted molar refractivity (Wildman–Crippen MR) is 92.1 cm³/mol. The zero-order valence-electron chi connectivity index (χ0n) is 14.3. The molecule has 30 heavy (non-hydrogen) atoms. The van der Waals surface area contributed by atoms with E-state index in [0.29, 0.717) is 0 Å². The number of carbonyl (C=O) groups is 2. The number of carbonyl (C=O) groups excluding carboxylic acids is 2. The minimum absolute atomic E-state index is 0.140. The van der Waals surface area contributed by atoms with Gasteiger partial charge in [0.1, 0.15) is 11.5 Å². The van der Waals surface area contributed by atoms with E-state index in [1.165, 1.54) is 0 Å². The molecule has 12 heteroatoms. The fraction of sp³-hybridized carbons (Fsp3) is 0.222. The third-order valence-electron chi connectivity index (χ3n) is 4.30. The van der Waals surface area contributed by atoms with Gasteiger partial charge in [0.25, 0.3) is 10.5 Å². The van der Waals surface area contributed by atoms with Crippen molar-refractivity contribution in [2.45, 2.75) is 23.6 Å². The quantitative estimate of drug-likeness (QED) is 0.410. The van der Waals surface area contributed by atoms with Crippen LogP contribution in [0.2, 0.25) is 0 Å². The molecule has 0 N–H and O–H groups in total. The largest absolute Gasteiger partial charge is 0.447 e. The Morgan fingerprint density at radius 3 is 1.10 bits per heavy atom. The van der Waals surface area contributed by atoms with Gasteiger partial charge in [-0.1, -0.05) is 0 Å². The Morgan fingerprint density at radius 2 is 0.867 bits per heavy atom. The van der Waals surface area contributed by atoms with Crippen LogP contribution in [0.3, 0.4) is 0 Å². The molecule has 1 aliphatic rings. The lowest BCUT2D eigenvalue weighted by atomic mass is 9.76. The van der Waals surface area contributed by atoms with Gasteiger partial charge in [0, 0.05) is 11.1 Å². The number of halogens is 8. The maximum atomic E-state index is 14.9. The lowest BCUT2D eigenvalue weighted by molar-refractivity contribution is -0.527. The minimum Gasteiger partial charge on any atom is -0.447 e. The van der Waals surface area contributed by atoms with E-state index >= 15 is 0 Å². The molecule has 2 atom stereocenters. The van der Waals surface area contributed by atoms with Gasteiger partial charge in [0.15, 0.2) is 0 Å². The van der Waals surface area contributed by atoms with Gasteiger partial charge in [-0.2, -0.15) is 26.3 Å². The Balaban J connectivity index is 1.95. The van der Waals surface area contributed by atoms with Crippen molar-refractivity contribution < 1.29 is 45.4 Å². The zero-order chi connectivity index (χ0) is 22.5. The molecule has 1 aliphatic carbocycles. The molecule has 160 valence electrons. The monoisotopic (exact) mass is 472 g/mol. The van der Waals surface area contributed by atoms with Gasteiger partial charge in [0.2, 0.25) is 0 Å². The van der Waals surface area contributed by atoms with Gasteiger partial charge in [0.05, 0.1) is 0 Å². The highest BCUT2D eigenvalue weighted by molar-refractivity contribution is 6.68. The Labute approximate surface area is 174 Å². The lowest BCUT2D eigenvalue weighted by Crippen LogP contribution is -2.89. The minimum atomic E-state index is -5.62. The summed E-state index contributed by atoms with van der Waals surface area (Å²) in [6.07, 6.45) is 0. The van der Waals surface area contributed by atoms with Gasteiger partial charge < -0.3 is 9.47 Å². The van der Waals surface area contributed by atoms with Crippen LogP contribution >= 0.6 is 23.2 Å². The molecule has 0 spiro atoms.